The van der Waals surface area contributed by atoms with Crippen molar-refractivity contribution in [1.29, 1.82) is 0 Å². The Bertz CT molecular complexity index is 1020. The van der Waals surface area contributed by atoms with Gasteiger partial charge in [0.15, 0.2) is 0 Å². The Labute approximate surface area is 151 Å². The number of ether oxygens (including phenoxy) is 1. The molecule has 2 heterocycles. The van der Waals surface area contributed by atoms with Gasteiger partial charge in [-0.25, -0.2) is 4.98 Å². The molecule has 1 atom stereocenters. The SMILES string of the molecule is COc1ccc2nccc(C(O)COS(=O)(=O)c3ccc(C)cc3)c2n1. The number of hydrogen-bond donors (Lipinski definition) is 1. The fraction of sp³-hybridized carbons (Fsp3) is 0.222. The van der Waals surface area contributed by atoms with E-state index in [0.29, 0.717) is 22.5 Å². The summed E-state index contributed by atoms with van der Waals surface area (Å²) in [4.78, 5) is 8.49. The van der Waals surface area contributed by atoms with Crippen LogP contribution in [0, 0.1) is 6.92 Å². The number of aromatic nitrogens is 2. The van der Waals surface area contributed by atoms with Gasteiger partial charge in [-0.3, -0.25) is 9.17 Å². The van der Waals surface area contributed by atoms with E-state index < -0.39 is 22.8 Å². The van der Waals surface area contributed by atoms with Gasteiger partial charge >= 0.3 is 0 Å². The molecule has 0 bridgehead atoms. The maximum Gasteiger partial charge on any atom is 0.297 e. The number of nitrogens with zero attached hydrogens (tertiary/aromatic N) is 2. The average Bonchev–Trinajstić information content (AvgIpc) is 2.65. The minimum Gasteiger partial charge on any atom is -0.481 e. The number of rotatable bonds is 6. The molecule has 0 saturated carbocycles. The summed E-state index contributed by atoms with van der Waals surface area (Å²) in [7, 11) is -2.48. The first kappa shape index (κ1) is 18.2. The molecule has 0 spiro atoms. The van der Waals surface area contributed by atoms with Gasteiger partial charge < -0.3 is 9.84 Å². The highest BCUT2D eigenvalue weighted by molar-refractivity contribution is 7.86. The molecule has 2 aromatic heterocycles. The highest BCUT2D eigenvalue weighted by atomic mass is 32.2. The molecule has 7 nitrogen and oxygen atoms in total. The van der Waals surface area contributed by atoms with Crippen LogP contribution in [0.5, 0.6) is 5.88 Å². The van der Waals surface area contributed by atoms with Crippen LogP contribution in [0.4, 0.5) is 0 Å². The monoisotopic (exact) mass is 374 g/mol. The summed E-state index contributed by atoms with van der Waals surface area (Å²) in [5.74, 6) is 0.368. The van der Waals surface area contributed by atoms with Gasteiger partial charge in [0.05, 0.1) is 29.6 Å². The van der Waals surface area contributed by atoms with E-state index in [1.807, 2.05) is 6.92 Å². The van der Waals surface area contributed by atoms with Crippen LogP contribution in [0.15, 0.2) is 53.6 Å². The van der Waals surface area contributed by atoms with Crippen LogP contribution in [-0.4, -0.2) is 37.2 Å². The van der Waals surface area contributed by atoms with Crippen LogP contribution in [0.3, 0.4) is 0 Å². The predicted molar refractivity (Wildman–Crippen MR) is 95.4 cm³/mol. The van der Waals surface area contributed by atoms with E-state index in [4.69, 9.17) is 8.92 Å². The molecule has 1 unspecified atom stereocenters. The van der Waals surface area contributed by atoms with Crippen LogP contribution in [0.2, 0.25) is 0 Å². The molecule has 3 aromatic rings. The Morgan fingerprint density at radius 1 is 1.12 bits per heavy atom. The summed E-state index contributed by atoms with van der Waals surface area (Å²) >= 11 is 0. The zero-order valence-electron chi connectivity index (χ0n) is 14.3. The number of aliphatic hydroxyl groups is 1. The molecular formula is C18H18N2O5S. The molecule has 0 radical (unpaired) electrons. The minimum absolute atomic E-state index is 0.0367. The van der Waals surface area contributed by atoms with Gasteiger partial charge in [0.25, 0.3) is 10.1 Å². The fourth-order valence-electron chi connectivity index (χ4n) is 2.43. The number of methoxy groups -OCH3 is 1. The fourth-order valence-corrected chi connectivity index (χ4v) is 3.34. The maximum absolute atomic E-state index is 12.3. The van der Waals surface area contributed by atoms with Crippen LogP contribution in [0.25, 0.3) is 11.0 Å². The molecule has 1 aromatic carbocycles. The summed E-state index contributed by atoms with van der Waals surface area (Å²) in [6, 6.07) is 11.2. The quantitative estimate of drug-likeness (QED) is 0.661. The Balaban J connectivity index is 1.83. The first-order valence-corrected chi connectivity index (χ1v) is 9.25. The normalized spacial score (nSPS) is 12.9. The van der Waals surface area contributed by atoms with Crippen molar-refractivity contribution >= 4 is 21.2 Å². The summed E-state index contributed by atoms with van der Waals surface area (Å²) in [5.41, 5.74) is 2.33. The molecule has 136 valence electrons. The molecule has 0 aliphatic heterocycles. The number of pyridine rings is 2. The van der Waals surface area contributed by atoms with Crippen LogP contribution >= 0.6 is 0 Å². The minimum atomic E-state index is -3.97. The lowest BCUT2D eigenvalue weighted by atomic mass is 10.1. The summed E-state index contributed by atoms with van der Waals surface area (Å²) in [6.45, 7) is 1.42. The maximum atomic E-state index is 12.3. The van der Waals surface area contributed by atoms with Crippen molar-refractivity contribution in [2.45, 2.75) is 17.9 Å². The lowest BCUT2D eigenvalue weighted by Gasteiger charge is -2.14. The van der Waals surface area contributed by atoms with Gasteiger partial charge in [-0.05, 0) is 31.2 Å². The van der Waals surface area contributed by atoms with E-state index in [1.54, 1.807) is 30.3 Å². The second-order valence-electron chi connectivity index (χ2n) is 5.69. The highest BCUT2D eigenvalue weighted by Gasteiger charge is 2.20. The third-order valence-electron chi connectivity index (χ3n) is 3.85. The summed E-state index contributed by atoms with van der Waals surface area (Å²) < 4.78 is 34.6. The third kappa shape index (κ3) is 3.82. The van der Waals surface area contributed by atoms with Gasteiger partial charge in [-0.2, -0.15) is 8.42 Å². The molecule has 3 rings (SSSR count). The van der Waals surface area contributed by atoms with E-state index in [9.17, 15) is 13.5 Å². The van der Waals surface area contributed by atoms with Crippen molar-refractivity contribution in [3.63, 3.8) is 0 Å². The van der Waals surface area contributed by atoms with Gasteiger partial charge in [-0.1, -0.05) is 17.7 Å². The van der Waals surface area contributed by atoms with E-state index in [-0.39, 0.29) is 4.90 Å². The topological polar surface area (TPSA) is 98.6 Å². The Hall–Kier alpha value is -2.55. The van der Waals surface area contributed by atoms with Crippen molar-refractivity contribution in [3.8, 4) is 5.88 Å². The molecule has 0 aliphatic rings. The van der Waals surface area contributed by atoms with Crippen LogP contribution in [-0.2, 0) is 14.3 Å². The number of fused-ring (bicyclic) bond motifs is 1. The van der Waals surface area contributed by atoms with Crippen molar-refractivity contribution in [2.75, 3.05) is 13.7 Å². The van der Waals surface area contributed by atoms with E-state index in [0.717, 1.165) is 5.56 Å². The first-order valence-electron chi connectivity index (χ1n) is 7.84. The zero-order valence-corrected chi connectivity index (χ0v) is 15.1. The molecule has 0 saturated heterocycles. The molecule has 1 N–H and O–H groups in total. The Morgan fingerprint density at radius 2 is 1.85 bits per heavy atom. The van der Waals surface area contributed by atoms with E-state index >= 15 is 0 Å². The van der Waals surface area contributed by atoms with Gasteiger partial charge in [-0.15, -0.1) is 0 Å². The van der Waals surface area contributed by atoms with Crippen LogP contribution in [0.1, 0.15) is 17.2 Å². The molecule has 0 aliphatic carbocycles. The summed E-state index contributed by atoms with van der Waals surface area (Å²) in [5, 5.41) is 10.4. The number of aryl methyl sites for hydroxylation is 1. The van der Waals surface area contributed by atoms with Gasteiger partial charge in [0, 0.05) is 17.8 Å². The molecule has 8 heteroatoms. The first-order chi connectivity index (χ1) is 12.4. The zero-order chi connectivity index (χ0) is 18.7. The molecule has 26 heavy (non-hydrogen) atoms. The smallest absolute Gasteiger partial charge is 0.297 e. The molecular weight excluding hydrogens is 356 g/mol. The van der Waals surface area contributed by atoms with E-state index in [2.05, 4.69) is 9.97 Å². The van der Waals surface area contributed by atoms with Gasteiger partial charge in [0.1, 0.15) is 6.10 Å². The standard InChI is InChI=1S/C18H18N2O5S/c1-12-3-5-13(6-4-12)26(22,23)25-11-16(21)14-9-10-19-15-7-8-17(24-2)20-18(14)15/h3-10,16,21H,11H2,1-2H3. The third-order valence-corrected chi connectivity index (χ3v) is 5.14. The molecule has 0 amide bonds. The lowest BCUT2D eigenvalue weighted by Crippen LogP contribution is -2.14. The Kier molecular flexibility index (Phi) is 5.17. The molecule has 0 fully saturated rings. The largest absolute Gasteiger partial charge is 0.481 e. The second-order valence-corrected chi connectivity index (χ2v) is 7.30. The van der Waals surface area contributed by atoms with Crippen LogP contribution < -0.4 is 4.74 Å². The van der Waals surface area contributed by atoms with Crippen molar-refractivity contribution in [2.24, 2.45) is 0 Å². The number of benzene rings is 1. The number of hydrogen-bond acceptors (Lipinski definition) is 7. The van der Waals surface area contributed by atoms with Crippen molar-refractivity contribution in [1.82, 2.24) is 9.97 Å². The van der Waals surface area contributed by atoms with E-state index in [1.165, 1.54) is 25.4 Å². The Morgan fingerprint density at radius 3 is 2.54 bits per heavy atom. The lowest BCUT2D eigenvalue weighted by molar-refractivity contribution is 0.112. The van der Waals surface area contributed by atoms with Crippen molar-refractivity contribution in [3.05, 3.63) is 59.8 Å². The van der Waals surface area contributed by atoms with Gasteiger partial charge in [0.2, 0.25) is 5.88 Å². The average molecular weight is 374 g/mol. The second kappa shape index (κ2) is 7.36. The predicted octanol–water partition coefficient (Wildman–Crippen LogP) is 2.39. The highest BCUT2D eigenvalue weighted by Crippen LogP contribution is 2.25. The van der Waals surface area contributed by atoms with Crippen molar-refractivity contribution < 1.29 is 22.4 Å². The summed E-state index contributed by atoms with van der Waals surface area (Å²) in [6.07, 6.45) is 0.323. The number of aliphatic hydroxyl groups excluding tert-OH is 1.